The van der Waals surface area contributed by atoms with E-state index < -0.39 is 17.9 Å². The predicted octanol–water partition coefficient (Wildman–Crippen LogP) is 3.98. The van der Waals surface area contributed by atoms with E-state index in [0.29, 0.717) is 28.2 Å². The van der Waals surface area contributed by atoms with Gasteiger partial charge >= 0.3 is 5.97 Å². The summed E-state index contributed by atoms with van der Waals surface area (Å²) in [6.45, 7) is 1.89. The van der Waals surface area contributed by atoms with Crippen LogP contribution in [0.1, 0.15) is 63.6 Å². The maximum absolute atomic E-state index is 13.1. The number of nitrogens with zero attached hydrogens (tertiary/aromatic N) is 2. The Bertz CT molecular complexity index is 1430. The molecule has 0 aliphatic carbocycles. The van der Waals surface area contributed by atoms with E-state index in [1.54, 1.807) is 44.6 Å². The number of pyridine rings is 1. The van der Waals surface area contributed by atoms with E-state index in [1.807, 2.05) is 31.2 Å². The van der Waals surface area contributed by atoms with E-state index in [-0.39, 0.29) is 24.0 Å². The number of methoxy groups -OCH3 is 3. The van der Waals surface area contributed by atoms with E-state index in [4.69, 9.17) is 14.2 Å². The number of aromatic nitrogens is 1. The van der Waals surface area contributed by atoms with Gasteiger partial charge in [0, 0.05) is 35.4 Å². The van der Waals surface area contributed by atoms with Crippen LogP contribution in [0.15, 0.2) is 60.8 Å². The van der Waals surface area contributed by atoms with Crippen molar-refractivity contribution in [3.8, 4) is 11.5 Å². The van der Waals surface area contributed by atoms with Crippen molar-refractivity contribution in [2.24, 2.45) is 0 Å². The van der Waals surface area contributed by atoms with Crippen LogP contribution in [0.3, 0.4) is 0 Å². The molecule has 0 radical (unpaired) electrons. The minimum absolute atomic E-state index is 0.0649. The topological polar surface area (TPSA) is 119 Å². The smallest absolute Gasteiger partial charge is 0.333 e. The molecule has 2 amide bonds. The average molecular weight is 573 g/mol. The maximum atomic E-state index is 13.1. The maximum Gasteiger partial charge on any atom is 0.333 e. The van der Waals surface area contributed by atoms with Crippen molar-refractivity contribution in [1.82, 2.24) is 15.6 Å². The van der Waals surface area contributed by atoms with E-state index in [2.05, 4.69) is 20.5 Å². The molecule has 2 fully saturated rings. The van der Waals surface area contributed by atoms with Gasteiger partial charge in [-0.25, -0.2) is 9.78 Å². The zero-order valence-electron chi connectivity index (χ0n) is 24.3. The Labute approximate surface area is 245 Å². The fourth-order valence-corrected chi connectivity index (χ4v) is 6.09. The predicted molar refractivity (Wildman–Crippen MR) is 157 cm³/mol. The number of nitrogens with one attached hydrogen (secondary N) is 2. The Morgan fingerprint density at radius 3 is 2.21 bits per heavy atom. The van der Waals surface area contributed by atoms with Gasteiger partial charge in [0.15, 0.2) is 6.04 Å². The molecule has 10 heteroatoms. The first-order chi connectivity index (χ1) is 20.3. The van der Waals surface area contributed by atoms with Crippen LogP contribution in [-0.2, 0) is 9.53 Å². The van der Waals surface area contributed by atoms with Crippen molar-refractivity contribution in [3.05, 3.63) is 83.0 Å². The molecule has 5 rings (SSSR count). The normalized spacial score (nSPS) is 19.9. The molecular formula is C32H36N4O6. The number of anilines is 1. The number of piperidine rings is 1. The van der Waals surface area contributed by atoms with Gasteiger partial charge in [-0.05, 0) is 74.6 Å². The van der Waals surface area contributed by atoms with Gasteiger partial charge < -0.3 is 29.7 Å². The highest BCUT2D eigenvalue weighted by Gasteiger charge is 2.42. The molecule has 1 aromatic heterocycles. The first kappa shape index (κ1) is 28.9. The van der Waals surface area contributed by atoms with Crippen molar-refractivity contribution < 1.29 is 28.6 Å². The van der Waals surface area contributed by atoms with E-state index in [0.717, 1.165) is 37.1 Å². The number of carbonyl (C=O) groups is 3. The monoisotopic (exact) mass is 572 g/mol. The molecule has 0 spiro atoms. The van der Waals surface area contributed by atoms with E-state index in [9.17, 15) is 14.4 Å². The fraction of sp³-hybridized carbons (Fsp3) is 0.375. The number of amides is 2. The van der Waals surface area contributed by atoms with Crippen LogP contribution in [0.25, 0.3) is 0 Å². The van der Waals surface area contributed by atoms with Gasteiger partial charge in [0.05, 0.1) is 26.9 Å². The van der Waals surface area contributed by atoms with Crippen molar-refractivity contribution in [2.45, 2.75) is 56.8 Å². The Morgan fingerprint density at radius 1 is 0.905 bits per heavy atom. The Hall–Kier alpha value is -4.60. The summed E-state index contributed by atoms with van der Waals surface area (Å²) >= 11 is 0. The highest BCUT2D eigenvalue weighted by atomic mass is 16.5. The highest BCUT2D eigenvalue weighted by molar-refractivity contribution is 5.97. The van der Waals surface area contributed by atoms with E-state index in [1.165, 1.54) is 13.3 Å². The summed E-state index contributed by atoms with van der Waals surface area (Å²) in [6, 6.07) is 15.5. The lowest BCUT2D eigenvalue weighted by Crippen LogP contribution is -2.50. The van der Waals surface area contributed by atoms with Crippen LogP contribution in [0.4, 0.5) is 5.82 Å². The van der Waals surface area contributed by atoms with Crippen molar-refractivity contribution in [2.75, 3.05) is 26.2 Å². The second kappa shape index (κ2) is 12.5. The lowest BCUT2D eigenvalue weighted by atomic mass is 9.96. The summed E-state index contributed by atoms with van der Waals surface area (Å²) in [6.07, 6.45) is 5.20. The highest BCUT2D eigenvalue weighted by Crippen LogP contribution is 2.39. The van der Waals surface area contributed by atoms with Gasteiger partial charge in [0.25, 0.3) is 11.8 Å². The molecule has 2 aromatic carbocycles. The van der Waals surface area contributed by atoms with E-state index >= 15 is 0 Å². The zero-order valence-corrected chi connectivity index (χ0v) is 24.3. The molecule has 2 N–H and O–H groups in total. The number of ether oxygens (including phenoxy) is 3. The molecule has 2 aliphatic rings. The van der Waals surface area contributed by atoms with Gasteiger partial charge in [0.2, 0.25) is 0 Å². The molecule has 10 nitrogen and oxygen atoms in total. The van der Waals surface area contributed by atoms with Crippen molar-refractivity contribution in [1.29, 1.82) is 0 Å². The van der Waals surface area contributed by atoms with Gasteiger partial charge in [-0.3, -0.25) is 9.59 Å². The third-order valence-corrected chi connectivity index (χ3v) is 8.25. The largest absolute Gasteiger partial charge is 0.497 e. The SMILES string of the molecule is COC(=O)[C@@H](NC(=O)c1ccc(N2C3CCC2CC(NC(=O)c2cccc(OC)c2C)C3)nc1)c1ccc(OC)cc1. The summed E-state index contributed by atoms with van der Waals surface area (Å²) in [5.41, 5.74) is 2.37. The minimum atomic E-state index is -0.973. The summed E-state index contributed by atoms with van der Waals surface area (Å²) in [7, 11) is 4.44. The first-order valence-corrected chi connectivity index (χ1v) is 14.0. The van der Waals surface area contributed by atoms with Gasteiger partial charge in [-0.2, -0.15) is 0 Å². The average Bonchev–Trinajstić information content (AvgIpc) is 3.29. The summed E-state index contributed by atoms with van der Waals surface area (Å²) in [5, 5.41) is 6.00. The van der Waals surface area contributed by atoms with Crippen LogP contribution in [-0.4, -0.2) is 62.2 Å². The zero-order chi connectivity index (χ0) is 29.8. The quantitative estimate of drug-likeness (QED) is 0.370. The number of carbonyl (C=O) groups excluding carboxylic acids is 3. The molecular weight excluding hydrogens is 536 g/mol. The van der Waals surface area contributed by atoms with Crippen molar-refractivity contribution in [3.63, 3.8) is 0 Å². The van der Waals surface area contributed by atoms with Crippen LogP contribution in [0.5, 0.6) is 11.5 Å². The molecule has 2 aliphatic heterocycles. The molecule has 220 valence electrons. The molecule has 2 bridgehead atoms. The molecule has 3 atom stereocenters. The molecule has 0 saturated carbocycles. The number of benzene rings is 2. The van der Waals surface area contributed by atoms with Gasteiger partial charge in [-0.15, -0.1) is 0 Å². The second-order valence-electron chi connectivity index (χ2n) is 10.7. The lowest BCUT2D eigenvalue weighted by Gasteiger charge is -2.40. The summed E-state index contributed by atoms with van der Waals surface area (Å²) in [4.78, 5) is 45.6. The number of fused-ring (bicyclic) bond motifs is 2. The minimum Gasteiger partial charge on any atom is -0.497 e. The van der Waals surface area contributed by atoms with Crippen LogP contribution < -0.4 is 25.0 Å². The van der Waals surface area contributed by atoms with Gasteiger partial charge in [-0.1, -0.05) is 18.2 Å². The molecule has 3 aromatic rings. The summed E-state index contributed by atoms with van der Waals surface area (Å²) < 4.78 is 15.5. The first-order valence-electron chi connectivity index (χ1n) is 14.0. The molecule has 42 heavy (non-hydrogen) atoms. The van der Waals surface area contributed by atoms with Crippen LogP contribution >= 0.6 is 0 Å². The Balaban J connectivity index is 1.23. The second-order valence-corrected chi connectivity index (χ2v) is 10.7. The summed E-state index contributed by atoms with van der Waals surface area (Å²) in [5.74, 6) is 1.04. The third kappa shape index (κ3) is 5.88. The number of esters is 1. The molecule has 3 heterocycles. The Morgan fingerprint density at radius 2 is 1.62 bits per heavy atom. The fourth-order valence-electron chi connectivity index (χ4n) is 6.09. The van der Waals surface area contributed by atoms with Gasteiger partial charge in [0.1, 0.15) is 17.3 Å². The number of hydrogen-bond acceptors (Lipinski definition) is 8. The number of rotatable bonds is 9. The standard InChI is InChI=1S/C32H36N4O6/c1-19-26(6-5-7-27(19)41-3)31(38)34-22-16-23-11-12-24(17-22)36(23)28-15-10-21(18-33-28)30(37)35-29(32(39)42-4)20-8-13-25(40-2)14-9-20/h5-10,13-15,18,22-24,29H,11-12,16-17H2,1-4H3,(H,34,38)(H,35,37)/t22?,23?,24?,29-/m0/s1. The van der Waals surface area contributed by atoms with Crippen LogP contribution in [0, 0.1) is 6.92 Å². The van der Waals surface area contributed by atoms with Crippen molar-refractivity contribution >= 4 is 23.6 Å². The lowest BCUT2D eigenvalue weighted by molar-refractivity contribution is -0.143. The number of hydrogen-bond donors (Lipinski definition) is 2. The molecule has 2 saturated heterocycles. The van der Waals surface area contributed by atoms with Crippen LogP contribution in [0.2, 0.25) is 0 Å². The molecule has 2 unspecified atom stereocenters. The Kier molecular flexibility index (Phi) is 8.61. The third-order valence-electron chi connectivity index (χ3n) is 8.25.